The summed E-state index contributed by atoms with van der Waals surface area (Å²) in [5.41, 5.74) is 6.34. The van der Waals surface area contributed by atoms with Crippen LogP contribution in [0, 0.1) is 0 Å². The molecule has 4 heteroatoms. The highest BCUT2D eigenvalue weighted by Crippen LogP contribution is 2.07. The summed E-state index contributed by atoms with van der Waals surface area (Å²) in [7, 11) is 0. The van der Waals surface area contributed by atoms with Crippen molar-refractivity contribution in [3.8, 4) is 0 Å². The van der Waals surface area contributed by atoms with Crippen molar-refractivity contribution in [2.75, 3.05) is 5.73 Å². The minimum atomic E-state index is 0.572. The fourth-order valence-electron chi connectivity index (χ4n) is 1.27. The molecule has 0 saturated heterocycles. The van der Waals surface area contributed by atoms with E-state index in [1.54, 1.807) is 18.5 Å². The molecule has 0 atom stereocenters. The molecule has 3 heterocycles. The van der Waals surface area contributed by atoms with Gasteiger partial charge in [0.25, 0.3) is 0 Å². The number of rotatable bonds is 0. The average molecular weight is 212 g/mol. The second kappa shape index (κ2) is 4.93. The van der Waals surface area contributed by atoms with E-state index in [1.807, 2.05) is 36.7 Å². The molecule has 0 unspecified atom stereocenters. The van der Waals surface area contributed by atoms with Crippen molar-refractivity contribution in [2.45, 2.75) is 0 Å². The van der Waals surface area contributed by atoms with Crippen molar-refractivity contribution in [2.24, 2.45) is 0 Å². The zero-order valence-corrected chi connectivity index (χ0v) is 8.67. The lowest BCUT2D eigenvalue weighted by Crippen LogP contribution is -1.85. The highest BCUT2D eigenvalue weighted by atomic mass is 14.8. The van der Waals surface area contributed by atoms with Crippen LogP contribution in [0.15, 0.2) is 55.1 Å². The summed E-state index contributed by atoms with van der Waals surface area (Å²) in [6, 6.07) is 9.43. The van der Waals surface area contributed by atoms with E-state index in [0.717, 1.165) is 5.52 Å². The van der Waals surface area contributed by atoms with Crippen molar-refractivity contribution < 1.29 is 0 Å². The third-order valence-corrected chi connectivity index (χ3v) is 2.04. The van der Waals surface area contributed by atoms with Crippen molar-refractivity contribution in [3.63, 3.8) is 0 Å². The first kappa shape index (κ1) is 10.2. The fourth-order valence-corrected chi connectivity index (χ4v) is 1.27. The molecule has 4 nitrogen and oxygen atoms in total. The molecule has 3 aromatic heterocycles. The maximum absolute atomic E-state index is 5.25. The van der Waals surface area contributed by atoms with Gasteiger partial charge in [-0.2, -0.15) is 0 Å². The lowest BCUT2D eigenvalue weighted by molar-refractivity contribution is 1.34. The highest BCUT2D eigenvalue weighted by molar-refractivity contribution is 5.77. The first-order valence-corrected chi connectivity index (χ1v) is 4.90. The lowest BCUT2D eigenvalue weighted by atomic mass is 10.3. The summed E-state index contributed by atoms with van der Waals surface area (Å²) < 4.78 is 0. The molecule has 0 amide bonds. The number of nitrogen functional groups attached to an aromatic ring is 1. The van der Waals surface area contributed by atoms with Gasteiger partial charge in [0.05, 0.1) is 11.7 Å². The third kappa shape index (κ3) is 2.57. The minimum absolute atomic E-state index is 0.572. The lowest BCUT2D eigenvalue weighted by Gasteiger charge is -1.82. The van der Waals surface area contributed by atoms with Crippen LogP contribution in [-0.2, 0) is 0 Å². The molecule has 0 aliphatic carbocycles. The first-order valence-electron chi connectivity index (χ1n) is 4.90. The van der Waals surface area contributed by atoms with Gasteiger partial charge in [-0.25, -0.2) is 4.98 Å². The first-order chi connectivity index (χ1) is 7.86. The van der Waals surface area contributed by atoms with Crippen LogP contribution in [-0.4, -0.2) is 15.0 Å². The van der Waals surface area contributed by atoms with Crippen molar-refractivity contribution in [1.82, 2.24) is 15.0 Å². The van der Waals surface area contributed by atoms with Gasteiger partial charge in [0, 0.05) is 24.0 Å². The van der Waals surface area contributed by atoms with Crippen LogP contribution < -0.4 is 5.73 Å². The molecule has 0 aliphatic heterocycles. The second-order valence-corrected chi connectivity index (χ2v) is 3.20. The van der Waals surface area contributed by atoms with Crippen LogP contribution in [0.25, 0.3) is 10.9 Å². The number of anilines is 1. The zero-order chi connectivity index (χ0) is 11.2. The van der Waals surface area contributed by atoms with E-state index in [2.05, 4.69) is 15.0 Å². The quantitative estimate of drug-likeness (QED) is 0.600. The largest absolute Gasteiger partial charge is 0.384 e. The van der Waals surface area contributed by atoms with Crippen molar-refractivity contribution in [3.05, 3.63) is 55.1 Å². The number of hydrogen-bond donors (Lipinski definition) is 2. The van der Waals surface area contributed by atoms with E-state index in [-0.39, 0.29) is 0 Å². The molecule has 3 N–H and O–H groups in total. The van der Waals surface area contributed by atoms with Gasteiger partial charge in [-0.3, -0.25) is 4.98 Å². The molecule has 0 aromatic carbocycles. The Bertz CT molecular complexity index is 515. The SMILES string of the molecule is Nc1ccccn1.c1cc2cc[nH]c2cn1. The molecule has 16 heavy (non-hydrogen) atoms. The maximum Gasteiger partial charge on any atom is 0.123 e. The molecular weight excluding hydrogens is 200 g/mol. The van der Waals surface area contributed by atoms with Crippen molar-refractivity contribution >= 4 is 16.7 Å². The van der Waals surface area contributed by atoms with Crippen LogP contribution >= 0.6 is 0 Å². The summed E-state index contributed by atoms with van der Waals surface area (Å²) in [4.78, 5) is 10.8. The fraction of sp³-hybridized carbons (Fsp3) is 0. The van der Waals surface area contributed by atoms with Gasteiger partial charge in [-0.1, -0.05) is 6.07 Å². The van der Waals surface area contributed by atoms with Crippen LogP contribution in [0.4, 0.5) is 5.82 Å². The van der Waals surface area contributed by atoms with Crippen LogP contribution in [0.5, 0.6) is 0 Å². The Balaban J connectivity index is 0.000000125. The standard InChI is InChI=1S/C7H6N2.C5H6N2/c1-3-8-5-7-6(1)2-4-9-7;6-5-3-1-2-4-7-5/h1-5,9H;1-4H,(H2,6,7). The van der Waals surface area contributed by atoms with Gasteiger partial charge in [-0.15, -0.1) is 0 Å². The smallest absolute Gasteiger partial charge is 0.123 e. The monoisotopic (exact) mass is 212 g/mol. The van der Waals surface area contributed by atoms with Crippen LogP contribution in [0.3, 0.4) is 0 Å². The van der Waals surface area contributed by atoms with E-state index < -0.39 is 0 Å². The Kier molecular flexibility index (Phi) is 3.13. The normalized spacial score (nSPS) is 9.50. The second-order valence-electron chi connectivity index (χ2n) is 3.20. The zero-order valence-electron chi connectivity index (χ0n) is 8.67. The number of pyridine rings is 2. The van der Waals surface area contributed by atoms with Gasteiger partial charge < -0.3 is 10.7 Å². The highest BCUT2D eigenvalue weighted by Gasteiger charge is 1.87. The number of nitrogens with one attached hydrogen (secondary N) is 1. The third-order valence-electron chi connectivity index (χ3n) is 2.04. The molecule has 0 bridgehead atoms. The molecule has 0 saturated carbocycles. The number of aromatic amines is 1. The predicted molar refractivity (Wildman–Crippen MR) is 64.7 cm³/mol. The van der Waals surface area contributed by atoms with Crippen LogP contribution in [0.1, 0.15) is 0 Å². The van der Waals surface area contributed by atoms with Gasteiger partial charge >= 0.3 is 0 Å². The minimum Gasteiger partial charge on any atom is -0.384 e. The van der Waals surface area contributed by atoms with E-state index >= 15 is 0 Å². The van der Waals surface area contributed by atoms with E-state index in [0.29, 0.717) is 5.82 Å². The number of nitrogens with zero attached hydrogens (tertiary/aromatic N) is 2. The Morgan fingerprint density at radius 3 is 2.62 bits per heavy atom. The Labute approximate surface area is 93.2 Å². The molecule has 0 aliphatic rings. The molecule has 3 rings (SSSR count). The topological polar surface area (TPSA) is 67.6 Å². The maximum atomic E-state index is 5.25. The van der Waals surface area contributed by atoms with Gasteiger partial charge in [0.2, 0.25) is 0 Å². The molecular formula is C12H12N4. The number of H-pyrrole nitrogens is 1. The summed E-state index contributed by atoms with van der Waals surface area (Å²) in [6.07, 6.45) is 7.17. The molecule has 0 radical (unpaired) electrons. The average Bonchev–Trinajstić information content (AvgIpc) is 2.79. The van der Waals surface area contributed by atoms with E-state index in [1.165, 1.54) is 5.39 Å². The molecule has 3 aromatic rings. The van der Waals surface area contributed by atoms with Gasteiger partial charge in [0.1, 0.15) is 5.82 Å². The summed E-state index contributed by atoms with van der Waals surface area (Å²) in [5, 5.41) is 1.21. The summed E-state index contributed by atoms with van der Waals surface area (Å²) in [6.45, 7) is 0. The Morgan fingerprint density at radius 2 is 2.00 bits per heavy atom. The van der Waals surface area contributed by atoms with Crippen LogP contribution in [0.2, 0.25) is 0 Å². The number of fused-ring (bicyclic) bond motifs is 1. The molecule has 0 spiro atoms. The Morgan fingerprint density at radius 1 is 1.06 bits per heavy atom. The predicted octanol–water partition coefficient (Wildman–Crippen LogP) is 2.23. The van der Waals surface area contributed by atoms with E-state index in [4.69, 9.17) is 5.73 Å². The summed E-state index contributed by atoms with van der Waals surface area (Å²) in [5.74, 6) is 0.572. The van der Waals surface area contributed by atoms with Crippen molar-refractivity contribution in [1.29, 1.82) is 0 Å². The van der Waals surface area contributed by atoms with Gasteiger partial charge in [-0.05, 0) is 24.3 Å². The van der Waals surface area contributed by atoms with Gasteiger partial charge in [0.15, 0.2) is 0 Å². The summed E-state index contributed by atoms with van der Waals surface area (Å²) >= 11 is 0. The van der Waals surface area contributed by atoms with E-state index in [9.17, 15) is 0 Å². The number of hydrogen-bond acceptors (Lipinski definition) is 3. The molecule has 80 valence electrons. The number of nitrogens with two attached hydrogens (primary N) is 1. The Hall–Kier alpha value is -2.36. The number of aromatic nitrogens is 3. The molecule has 0 fully saturated rings.